The highest BCUT2D eigenvalue weighted by Gasteiger charge is 2.23. The van der Waals surface area contributed by atoms with E-state index in [1.54, 1.807) is 12.1 Å². The van der Waals surface area contributed by atoms with E-state index in [2.05, 4.69) is 29.6 Å². The number of hydrogen-bond acceptors (Lipinski definition) is 2. The number of carbonyl (C=O) groups excluding carboxylic acids is 1. The number of benzene rings is 2. The summed E-state index contributed by atoms with van der Waals surface area (Å²) in [5.41, 5.74) is 2.34. The molecule has 1 aromatic heterocycles. The van der Waals surface area contributed by atoms with E-state index in [1.165, 1.54) is 17.4 Å². The molecule has 1 amide bonds. The van der Waals surface area contributed by atoms with E-state index in [-0.39, 0.29) is 17.9 Å². The molecular formula is C20H19NO2. The first kappa shape index (κ1) is 15.1. The lowest BCUT2D eigenvalue weighted by Crippen LogP contribution is -2.37. The Morgan fingerprint density at radius 1 is 0.870 bits per heavy atom. The Bertz CT molecular complexity index is 696. The molecule has 3 heteroatoms. The van der Waals surface area contributed by atoms with Gasteiger partial charge >= 0.3 is 0 Å². The smallest absolute Gasteiger partial charge is 0.287 e. The third-order valence-corrected chi connectivity index (χ3v) is 3.92. The Morgan fingerprint density at radius 3 is 1.91 bits per heavy atom. The standard InChI is InChI=1S/C20H19NO2/c1-15(21-20(22)18-13-8-14-23-18)19(16-9-4-2-5-10-16)17-11-6-3-7-12-17/h2-15,19H,1H3,(H,21,22). The van der Waals surface area contributed by atoms with E-state index in [0.29, 0.717) is 5.76 Å². The Balaban J connectivity index is 1.88. The van der Waals surface area contributed by atoms with Crippen molar-refractivity contribution in [1.29, 1.82) is 0 Å². The van der Waals surface area contributed by atoms with Crippen LogP contribution in [0.1, 0.15) is 34.5 Å². The SMILES string of the molecule is CC(NC(=O)c1ccco1)C(c1ccccc1)c1ccccc1. The molecule has 1 unspecified atom stereocenters. The highest BCUT2D eigenvalue weighted by atomic mass is 16.3. The lowest BCUT2D eigenvalue weighted by atomic mass is 9.86. The first-order valence-electron chi connectivity index (χ1n) is 7.70. The van der Waals surface area contributed by atoms with Crippen molar-refractivity contribution in [1.82, 2.24) is 5.32 Å². The number of furan rings is 1. The minimum absolute atomic E-state index is 0.0719. The van der Waals surface area contributed by atoms with E-state index in [9.17, 15) is 4.79 Å². The Morgan fingerprint density at radius 2 is 1.43 bits per heavy atom. The van der Waals surface area contributed by atoms with Crippen LogP contribution in [-0.4, -0.2) is 11.9 Å². The molecule has 0 aliphatic carbocycles. The maximum atomic E-state index is 12.3. The highest BCUT2D eigenvalue weighted by Crippen LogP contribution is 2.28. The summed E-state index contributed by atoms with van der Waals surface area (Å²) in [6.45, 7) is 2.02. The van der Waals surface area contributed by atoms with E-state index in [4.69, 9.17) is 4.42 Å². The van der Waals surface area contributed by atoms with Crippen LogP contribution in [0.25, 0.3) is 0 Å². The predicted octanol–water partition coefficient (Wildman–Crippen LogP) is 4.23. The van der Waals surface area contributed by atoms with Crippen LogP contribution >= 0.6 is 0 Å². The molecule has 0 aliphatic rings. The summed E-state index contributed by atoms with van der Waals surface area (Å²) in [6.07, 6.45) is 1.51. The summed E-state index contributed by atoms with van der Waals surface area (Å²) in [7, 11) is 0. The lowest BCUT2D eigenvalue weighted by molar-refractivity contribution is 0.0909. The van der Waals surface area contributed by atoms with E-state index in [0.717, 1.165) is 0 Å². The second kappa shape index (κ2) is 6.97. The molecule has 1 heterocycles. The predicted molar refractivity (Wildman–Crippen MR) is 90.4 cm³/mol. The van der Waals surface area contributed by atoms with Gasteiger partial charge in [0.05, 0.1) is 6.26 Å². The van der Waals surface area contributed by atoms with Crippen LogP contribution in [0.5, 0.6) is 0 Å². The quantitative estimate of drug-likeness (QED) is 0.766. The van der Waals surface area contributed by atoms with Gasteiger partial charge in [0.15, 0.2) is 5.76 Å². The number of carbonyl (C=O) groups is 1. The zero-order chi connectivity index (χ0) is 16.1. The number of rotatable bonds is 5. The molecule has 1 atom stereocenters. The molecule has 23 heavy (non-hydrogen) atoms. The fraction of sp³-hybridized carbons (Fsp3) is 0.150. The van der Waals surface area contributed by atoms with Crippen LogP contribution in [0.4, 0.5) is 0 Å². The third kappa shape index (κ3) is 3.51. The van der Waals surface area contributed by atoms with Crippen molar-refractivity contribution in [2.24, 2.45) is 0 Å². The molecule has 3 nitrogen and oxygen atoms in total. The van der Waals surface area contributed by atoms with Gasteiger partial charge in [0, 0.05) is 12.0 Å². The molecule has 0 saturated carbocycles. The highest BCUT2D eigenvalue weighted by molar-refractivity contribution is 5.91. The molecule has 3 rings (SSSR count). The zero-order valence-corrected chi connectivity index (χ0v) is 13.0. The van der Waals surface area contributed by atoms with Crippen LogP contribution in [0, 0.1) is 0 Å². The van der Waals surface area contributed by atoms with Crippen LogP contribution in [0.3, 0.4) is 0 Å². The average molecular weight is 305 g/mol. The molecule has 0 bridgehead atoms. The Hall–Kier alpha value is -2.81. The second-order valence-electron chi connectivity index (χ2n) is 5.54. The van der Waals surface area contributed by atoms with Crippen molar-refractivity contribution < 1.29 is 9.21 Å². The summed E-state index contributed by atoms with van der Waals surface area (Å²) in [5, 5.41) is 3.05. The molecule has 116 valence electrons. The molecule has 0 spiro atoms. The van der Waals surface area contributed by atoms with E-state index >= 15 is 0 Å². The van der Waals surface area contributed by atoms with Gasteiger partial charge in [-0.1, -0.05) is 60.7 Å². The van der Waals surface area contributed by atoms with E-state index < -0.39 is 0 Å². The summed E-state index contributed by atoms with van der Waals surface area (Å²) < 4.78 is 5.18. The number of amides is 1. The van der Waals surface area contributed by atoms with Crippen molar-refractivity contribution in [3.05, 3.63) is 95.9 Å². The zero-order valence-electron chi connectivity index (χ0n) is 13.0. The molecule has 2 aromatic carbocycles. The van der Waals surface area contributed by atoms with Crippen molar-refractivity contribution in [2.75, 3.05) is 0 Å². The molecule has 0 fully saturated rings. The first-order chi connectivity index (χ1) is 11.3. The van der Waals surface area contributed by atoms with Gasteiger partial charge < -0.3 is 9.73 Å². The van der Waals surface area contributed by atoms with Crippen molar-refractivity contribution in [3.63, 3.8) is 0 Å². The fourth-order valence-corrected chi connectivity index (χ4v) is 2.86. The lowest BCUT2D eigenvalue weighted by Gasteiger charge is -2.25. The molecule has 0 saturated heterocycles. The topological polar surface area (TPSA) is 42.2 Å². The summed E-state index contributed by atoms with van der Waals surface area (Å²) in [6, 6.07) is 23.7. The van der Waals surface area contributed by atoms with Crippen molar-refractivity contribution >= 4 is 5.91 Å². The monoisotopic (exact) mass is 305 g/mol. The average Bonchev–Trinajstić information content (AvgIpc) is 3.12. The van der Waals surface area contributed by atoms with Gasteiger partial charge in [-0.3, -0.25) is 4.79 Å². The maximum absolute atomic E-state index is 12.3. The fourth-order valence-electron chi connectivity index (χ4n) is 2.86. The Kier molecular flexibility index (Phi) is 4.57. The normalized spacial score (nSPS) is 12.1. The van der Waals surface area contributed by atoms with Crippen LogP contribution in [-0.2, 0) is 0 Å². The maximum Gasteiger partial charge on any atom is 0.287 e. The summed E-state index contributed by atoms with van der Waals surface area (Å²) in [4.78, 5) is 12.3. The van der Waals surface area contributed by atoms with Crippen LogP contribution < -0.4 is 5.32 Å². The second-order valence-corrected chi connectivity index (χ2v) is 5.54. The van der Waals surface area contributed by atoms with Gasteiger partial charge in [0.2, 0.25) is 0 Å². The molecular weight excluding hydrogens is 286 g/mol. The van der Waals surface area contributed by atoms with Crippen molar-refractivity contribution in [3.8, 4) is 0 Å². The largest absolute Gasteiger partial charge is 0.459 e. The van der Waals surface area contributed by atoms with Gasteiger partial charge in [-0.15, -0.1) is 0 Å². The molecule has 1 N–H and O–H groups in total. The number of nitrogens with one attached hydrogen (secondary N) is 1. The molecule has 3 aromatic rings. The Labute approximate surface area is 136 Å². The van der Waals surface area contributed by atoms with E-state index in [1.807, 2.05) is 43.3 Å². The van der Waals surface area contributed by atoms with Gasteiger partial charge in [0.1, 0.15) is 0 Å². The van der Waals surface area contributed by atoms with Crippen LogP contribution in [0.2, 0.25) is 0 Å². The van der Waals surface area contributed by atoms with Gasteiger partial charge in [-0.05, 0) is 30.2 Å². The first-order valence-corrected chi connectivity index (χ1v) is 7.70. The van der Waals surface area contributed by atoms with Crippen LogP contribution in [0.15, 0.2) is 83.5 Å². The molecule has 0 aliphatic heterocycles. The molecule has 0 radical (unpaired) electrons. The minimum atomic E-state index is -0.195. The van der Waals surface area contributed by atoms with Gasteiger partial charge in [-0.25, -0.2) is 0 Å². The number of hydrogen-bond donors (Lipinski definition) is 1. The van der Waals surface area contributed by atoms with Gasteiger partial charge in [0.25, 0.3) is 5.91 Å². The minimum Gasteiger partial charge on any atom is -0.459 e. The van der Waals surface area contributed by atoms with Gasteiger partial charge in [-0.2, -0.15) is 0 Å². The summed E-state index contributed by atoms with van der Waals surface area (Å²) >= 11 is 0. The van der Waals surface area contributed by atoms with Crippen molar-refractivity contribution in [2.45, 2.75) is 18.9 Å². The summed E-state index contributed by atoms with van der Waals surface area (Å²) in [5.74, 6) is 0.215. The third-order valence-electron chi connectivity index (χ3n) is 3.92.